The first kappa shape index (κ1) is 19.4. The van der Waals surface area contributed by atoms with Gasteiger partial charge in [0.2, 0.25) is 0 Å². The highest BCUT2D eigenvalue weighted by molar-refractivity contribution is 5.78. The summed E-state index contributed by atoms with van der Waals surface area (Å²) >= 11 is 0. The molecule has 1 aromatic carbocycles. The zero-order chi connectivity index (χ0) is 20.4. The van der Waals surface area contributed by atoms with E-state index in [0.717, 1.165) is 16.6 Å². The minimum absolute atomic E-state index is 0.253. The maximum Gasteiger partial charge on any atom is 0.190 e. The first-order valence-corrected chi connectivity index (χ1v) is 10.1. The van der Waals surface area contributed by atoms with Gasteiger partial charge >= 0.3 is 0 Å². The molecule has 5 atom stereocenters. The number of para-hydroxylation sites is 1. The molecule has 5 rings (SSSR count). The zero-order valence-electron chi connectivity index (χ0n) is 17.1. The molecule has 0 bridgehead atoms. The highest BCUT2D eigenvalue weighted by Crippen LogP contribution is 2.47. The second-order valence-electron chi connectivity index (χ2n) is 9.01. The second kappa shape index (κ2) is 6.44. The molecule has 1 aromatic heterocycles. The van der Waals surface area contributed by atoms with E-state index in [1.54, 1.807) is 0 Å². The molecule has 3 saturated heterocycles. The first-order valence-electron chi connectivity index (χ1n) is 10.1. The summed E-state index contributed by atoms with van der Waals surface area (Å²) < 4.78 is 29.8. The number of benzene rings is 1. The molecule has 0 aliphatic carbocycles. The third-order valence-electron chi connectivity index (χ3n) is 5.81. The van der Waals surface area contributed by atoms with E-state index in [4.69, 9.17) is 28.7 Å². The van der Waals surface area contributed by atoms with Crippen molar-refractivity contribution in [3.63, 3.8) is 0 Å². The fourth-order valence-electron chi connectivity index (χ4n) is 4.56. The molecule has 0 unspecified atom stereocenters. The van der Waals surface area contributed by atoms with E-state index >= 15 is 0 Å². The Labute approximate surface area is 169 Å². The van der Waals surface area contributed by atoms with Crippen LogP contribution in [0.15, 0.2) is 36.4 Å². The third-order valence-corrected chi connectivity index (χ3v) is 5.81. The SMILES string of the molecule is CC1(C)OC[C@@H]([C@H]2O[C@@H]3OC(C)(C)O[C@@H]3[C@@]2(O)Cc2ccc3ccccc3n2)O1. The van der Waals surface area contributed by atoms with Crippen molar-refractivity contribution in [3.05, 3.63) is 42.1 Å². The van der Waals surface area contributed by atoms with Crippen LogP contribution in [0.1, 0.15) is 33.4 Å². The molecular formula is C22H27NO6. The lowest BCUT2D eigenvalue weighted by atomic mass is 9.84. The van der Waals surface area contributed by atoms with Gasteiger partial charge in [-0.3, -0.25) is 4.98 Å². The van der Waals surface area contributed by atoms with Crippen molar-refractivity contribution in [2.75, 3.05) is 6.61 Å². The Morgan fingerprint density at radius 1 is 0.966 bits per heavy atom. The van der Waals surface area contributed by atoms with Crippen LogP contribution in [-0.2, 0) is 30.1 Å². The van der Waals surface area contributed by atoms with Crippen LogP contribution in [-0.4, -0.2) is 58.5 Å². The fraction of sp³-hybridized carbons (Fsp3) is 0.591. The number of aromatic nitrogens is 1. The number of hydrogen-bond donors (Lipinski definition) is 1. The fourth-order valence-corrected chi connectivity index (χ4v) is 4.56. The number of pyridine rings is 1. The van der Waals surface area contributed by atoms with Crippen molar-refractivity contribution in [2.24, 2.45) is 0 Å². The molecule has 1 N–H and O–H groups in total. The van der Waals surface area contributed by atoms with Crippen LogP contribution in [0.25, 0.3) is 10.9 Å². The highest BCUT2D eigenvalue weighted by Gasteiger charge is 2.66. The van der Waals surface area contributed by atoms with E-state index < -0.39 is 41.8 Å². The lowest BCUT2D eigenvalue weighted by Gasteiger charge is -2.35. The van der Waals surface area contributed by atoms with E-state index in [0.29, 0.717) is 6.61 Å². The molecule has 7 nitrogen and oxygen atoms in total. The average Bonchev–Trinajstić information content (AvgIpc) is 3.24. The summed E-state index contributed by atoms with van der Waals surface area (Å²) in [4.78, 5) is 4.74. The summed E-state index contributed by atoms with van der Waals surface area (Å²) in [5, 5.41) is 13.0. The predicted molar refractivity (Wildman–Crippen MR) is 104 cm³/mol. The second-order valence-corrected chi connectivity index (χ2v) is 9.01. The summed E-state index contributed by atoms with van der Waals surface area (Å²) in [7, 11) is 0. The van der Waals surface area contributed by atoms with Gasteiger partial charge in [-0.15, -0.1) is 0 Å². The minimum Gasteiger partial charge on any atom is -0.384 e. The van der Waals surface area contributed by atoms with Gasteiger partial charge in [0, 0.05) is 17.5 Å². The van der Waals surface area contributed by atoms with Gasteiger partial charge < -0.3 is 28.8 Å². The number of aliphatic hydroxyl groups is 1. The Morgan fingerprint density at radius 2 is 1.76 bits per heavy atom. The van der Waals surface area contributed by atoms with Crippen molar-refractivity contribution < 1.29 is 28.8 Å². The molecule has 0 amide bonds. The van der Waals surface area contributed by atoms with Crippen molar-refractivity contribution in [1.82, 2.24) is 4.98 Å². The standard InChI is InChI=1S/C22H27NO6/c1-20(2)25-12-16(27-20)17-22(24,18-19(26-17)29-21(3,4)28-18)11-14-10-9-13-7-5-6-8-15(13)23-14/h5-10,16-19,24H,11-12H2,1-4H3/t16-,17+,18-,19+,22+/m0/s1. The molecule has 3 aliphatic rings. The molecule has 156 valence electrons. The topological polar surface area (TPSA) is 79.3 Å². The predicted octanol–water partition coefficient (Wildman–Crippen LogP) is 2.54. The molecule has 0 spiro atoms. The van der Waals surface area contributed by atoms with E-state index in [1.807, 2.05) is 64.1 Å². The quantitative estimate of drug-likeness (QED) is 0.847. The zero-order valence-corrected chi connectivity index (χ0v) is 17.1. The van der Waals surface area contributed by atoms with E-state index in [2.05, 4.69) is 0 Å². The lowest BCUT2D eigenvalue weighted by Crippen LogP contribution is -2.55. The monoisotopic (exact) mass is 401 g/mol. The maximum atomic E-state index is 11.9. The number of hydrogen-bond acceptors (Lipinski definition) is 7. The Hall–Kier alpha value is -1.61. The summed E-state index contributed by atoms with van der Waals surface area (Å²) in [6, 6.07) is 11.9. The van der Waals surface area contributed by atoms with Crippen LogP contribution in [0.3, 0.4) is 0 Å². The smallest absolute Gasteiger partial charge is 0.190 e. The molecule has 3 fully saturated rings. The lowest BCUT2D eigenvalue weighted by molar-refractivity contribution is -0.248. The Morgan fingerprint density at radius 3 is 2.52 bits per heavy atom. The van der Waals surface area contributed by atoms with E-state index in [9.17, 15) is 5.11 Å². The van der Waals surface area contributed by atoms with Gasteiger partial charge in [-0.1, -0.05) is 24.3 Å². The van der Waals surface area contributed by atoms with Crippen molar-refractivity contribution >= 4 is 10.9 Å². The minimum atomic E-state index is -1.37. The molecule has 0 saturated carbocycles. The summed E-state index contributed by atoms with van der Waals surface area (Å²) in [5.41, 5.74) is 0.264. The molecule has 2 aromatic rings. The Bertz CT molecular complexity index is 930. The van der Waals surface area contributed by atoms with Gasteiger partial charge in [-0.2, -0.15) is 0 Å². The maximum absolute atomic E-state index is 11.9. The number of nitrogens with zero attached hydrogens (tertiary/aromatic N) is 1. The van der Waals surface area contributed by atoms with Crippen LogP contribution in [0.5, 0.6) is 0 Å². The summed E-state index contributed by atoms with van der Waals surface area (Å²) in [5.74, 6) is -1.56. The van der Waals surface area contributed by atoms with Gasteiger partial charge in [0.05, 0.1) is 12.1 Å². The van der Waals surface area contributed by atoms with Crippen LogP contribution in [0.4, 0.5) is 0 Å². The number of rotatable bonds is 3. The largest absolute Gasteiger partial charge is 0.384 e. The first-order chi connectivity index (χ1) is 13.7. The molecule has 0 radical (unpaired) electrons. The highest BCUT2D eigenvalue weighted by atomic mass is 16.8. The van der Waals surface area contributed by atoms with Gasteiger partial charge in [-0.25, -0.2) is 0 Å². The molecule has 7 heteroatoms. The van der Waals surface area contributed by atoms with Crippen molar-refractivity contribution in [3.8, 4) is 0 Å². The normalized spacial score (nSPS) is 37.8. The van der Waals surface area contributed by atoms with Crippen molar-refractivity contribution in [2.45, 2.75) is 75.9 Å². The van der Waals surface area contributed by atoms with Crippen LogP contribution >= 0.6 is 0 Å². The Kier molecular flexibility index (Phi) is 4.30. The Balaban J connectivity index is 1.49. The third kappa shape index (κ3) is 3.36. The van der Waals surface area contributed by atoms with Crippen LogP contribution in [0.2, 0.25) is 0 Å². The number of fused-ring (bicyclic) bond motifs is 2. The van der Waals surface area contributed by atoms with E-state index in [-0.39, 0.29) is 6.42 Å². The van der Waals surface area contributed by atoms with Crippen molar-refractivity contribution in [1.29, 1.82) is 0 Å². The molecule has 29 heavy (non-hydrogen) atoms. The van der Waals surface area contributed by atoms with Crippen LogP contribution in [0, 0.1) is 0 Å². The van der Waals surface area contributed by atoms with Gasteiger partial charge in [0.1, 0.15) is 23.9 Å². The number of ether oxygens (including phenoxy) is 5. The van der Waals surface area contributed by atoms with Gasteiger partial charge in [0.15, 0.2) is 17.9 Å². The molecule has 3 aliphatic heterocycles. The summed E-state index contributed by atoms with van der Waals surface area (Å²) in [6.07, 6.45) is -2.17. The van der Waals surface area contributed by atoms with Gasteiger partial charge in [-0.05, 0) is 39.8 Å². The summed E-state index contributed by atoms with van der Waals surface area (Å²) in [6.45, 7) is 7.66. The molecule has 4 heterocycles. The van der Waals surface area contributed by atoms with Gasteiger partial charge in [0.25, 0.3) is 0 Å². The van der Waals surface area contributed by atoms with Crippen LogP contribution < -0.4 is 0 Å². The average molecular weight is 401 g/mol. The van der Waals surface area contributed by atoms with E-state index in [1.165, 1.54) is 0 Å². The molecular weight excluding hydrogens is 374 g/mol.